The summed E-state index contributed by atoms with van der Waals surface area (Å²) < 4.78 is 43.0. The SMILES string of the molecule is COc1ncccc1C(=O)N1CCN(C(=O)c2ccc(C(F)(F)F)cc2)CC1. The molecule has 28 heavy (non-hydrogen) atoms. The molecule has 2 aromatic rings. The first kappa shape index (κ1) is 19.7. The Kier molecular flexibility index (Phi) is 5.53. The Morgan fingerprint density at radius 3 is 2.07 bits per heavy atom. The molecule has 1 fully saturated rings. The topological polar surface area (TPSA) is 62.7 Å². The molecular weight excluding hydrogens is 375 g/mol. The summed E-state index contributed by atoms with van der Waals surface area (Å²) in [6, 6.07) is 7.38. The summed E-state index contributed by atoms with van der Waals surface area (Å²) in [5.41, 5.74) is -0.279. The Morgan fingerprint density at radius 2 is 1.54 bits per heavy atom. The van der Waals surface area contributed by atoms with Gasteiger partial charge in [0.25, 0.3) is 11.8 Å². The molecule has 0 atom stereocenters. The molecule has 0 saturated carbocycles. The van der Waals surface area contributed by atoms with E-state index in [1.54, 1.807) is 17.0 Å². The molecule has 0 N–H and O–H groups in total. The number of methoxy groups -OCH3 is 1. The van der Waals surface area contributed by atoms with Crippen LogP contribution in [0.3, 0.4) is 0 Å². The molecular formula is C19H18F3N3O3. The van der Waals surface area contributed by atoms with Gasteiger partial charge in [0.05, 0.1) is 12.7 Å². The van der Waals surface area contributed by atoms with Gasteiger partial charge in [0.1, 0.15) is 5.56 Å². The van der Waals surface area contributed by atoms with Gasteiger partial charge in [-0.05, 0) is 36.4 Å². The van der Waals surface area contributed by atoms with Crippen LogP contribution in [-0.2, 0) is 6.18 Å². The van der Waals surface area contributed by atoms with Crippen molar-refractivity contribution in [2.75, 3.05) is 33.3 Å². The molecule has 1 aromatic heterocycles. The van der Waals surface area contributed by atoms with Gasteiger partial charge >= 0.3 is 6.18 Å². The molecule has 2 heterocycles. The quantitative estimate of drug-likeness (QED) is 0.805. The van der Waals surface area contributed by atoms with Crippen LogP contribution in [0.4, 0.5) is 13.2 Å². The second-order valence-electron chi connectivity index (χ2n) is 6.22. The molecule has 1 aromatic carbocycles. The summed E-state index contributed by atoms with van der Waals surface area (Å²) in [4.78, 5) is 32.3. The number of hydrogen-bond acceptors (Lipinski definition) is 4. The number of alkyl halides is 3. The average molecular weight is 393 g/mol. The standard InChI is InChI=1S/C19H18F3N3O3/c1-28-16-15(3-2-8-23-16)18(27)25-11-9-24(10-12-25)17(26)13-4-6-14(7-5-13)19(20,21)22/h2-8H,9-12H2,1H3. The van der Waals surface area contributed by atoms with Crippen molar-refractivity contribution in [1.82, 2.24) is 14.8 Å². The van der Waals surface area contributed by atoms with E-state index >= 15 is 0 Å². The zero-order chi connectivity index (χ0) is 20.3. The predicted molar refractivity (Wildman–Crippen MR) is 94.0 cm³/mol. The largest absolute Gasteiger partial charge is 0.480 e. The molecule has 0 radical (unpaired) electrons. The van der Waals surface area contributed by atoms with E-state index in [2.05, 4.69) is 4.98 Å². The second kappa shape index (κ2) is 7.87. The van der Waals surface area contributed by atoms with Gasteiger partial charge in [-0.2, -0.15) is 13.2 Å². The van der Waals surface area contributed by atoms with Crippen LogP contribution in [0.5, 0.6) is 5.88 Å². The Bertz CT molecular complexity index is 861. The third kappa shape index (κ3) is 4.08. The predicted octanol–water partition coefficient (Wildman–Crippen LogP) is 2.71. The van der Waals surface area contributed by atoms with Crippen molar-refractivity contribution in [2.45, 2.75) is 6.18 Å². The highest BCUT2D eigenvalue weighted by Crippen LogP contribution is 2.29. The maximum Gasteiger partial charge on any atom is 0.416 e. The number of carbonyl (C=O) groups is 2. The lowest BCUT2D eigenvalue weighted by molar-refractivity contribution is -0.137. The molecule has 0 bridgehead atoms. The van der Waals surface area contributed by atoms with Crippen LogP contribution >= 0.6 is 0 Å². The highest BCUT2D eigenvalue weighted by atomic mass is 19.4. The lowest BCUT2D eigenvalue weighted by Gasteiger charge is -2.35. The number of ether oxygens (including phenoxy) is 1. The molecule has 1 aliphatic rings. The monoisotopic (exact) mass is 393 g/mol. The van der Waals surface area contributed by atoms with Crippen molar-refractivity contribution in [3.63, 3.8) is 0 Å². The van der Waals surface area contributed by atoms with E-state index in [4.69, 9.17) is 4.74 Å². The van der Waals surface area contributed by atoms with Gasteiger partial charge in [0, 0.05) is 37.9 Å². The van der Waals surface area contributed by atoms with Gasteiger partial charge in [-0.1, -0.05) is 0 Å². The van der Waals surface area contributed by atoms with E-state index in [1.807, 2.05) is 0 Å². The molecule has 1 saturated heterocycles. The van der Waals surface area contributed by atoms with E-state index in [0.29, 0.717) is 18.7 Å². The molecule has 0 spiro atoms. The van der Waals surface area contributed by atoms with Gasteiger partial charge in [0.15, 0.2) is 0 Å². The van der Waals surface area contributed by atoms with Crippen molar-refractivity contribution < 1.29 is 27.5 Å². The van der Waals surface area contributed by atoms with Crippen LogP contribution in [0.15, 0.2) is 42.6 Å². The maximum absolute atomic E-state index is 12.7. The van der Waals surface area contributed by atoms with E-state index in [1.165, 1.54) is 30.3 Å². The molecule has 6 nitrogen and oxygen atoms in total. The van der Waals surface area contributed by atoms with Crippen molar-refractivity contribution >= 4 is 11.8 Å². The highest BCUT2D eigenvalue weighted by molar-refractivity contribution is 5.97. The van der Waals surface area contributed by atoms with Gasteiger partial charge in [-0.3, -0.25) is 9.59 Å². The summed E-state index contributed by atoms with van der Waals surface area (Å²) >= 11 is 0. The van der Waals surface area contributed by atoms with Gasteiger partial charge in [-0.25, -0.2) is 4.98 Å². The first-order chi connectivity index (χ1) is 13.3. The minimum atomic E-state index is -4.44. The van der Waals surface area contributed by atoms with Gasteiger partial charge < -0.3 is 14.5 Å². The van der Waals surface area contributed by atoms with Crippen molar-refractivity contribution in [1.29, 1.82) is 0 Å². The summed E-state index contributed by atoms with van der Waals surface area (Å²) in [5, 5.41) is 0. The molecule has 9 heteroatoms. The summed E-state index contributed by atoms with van der Waals surface area (Å²) in [5.74, 6) is -0.373. The van der Waals surface area contributed by atoms with Crippen molar-refractivity contribution in [3.05, 3.63) is 59.3 Å². The van der Waals surface area contributed by atoms with Crippen LogP contribution < -0.4 is 4.74 Å². The Labute approximate surface area is 159 Å². The number of pyridine rings is 1. The highest BCUT2D eigenvalue weighted by Gasteiger charge is 2.31. The van der Waals surface area contributed by atoms with Crippen molar-refractivity contribution in [3.8, 4) is 5.88 Å². The normalized spacial score (nSPS) is 14.7. The Balaban J connectivity index is 1.63. The van der Waals surface area contributed by atoms with Gasteiger partial charge in [0.2, 0.25) is 5.88 Å². The van der Waals surface area contributed by atoms with Crippen LogP contribution in [0.1, 0.15) is 26.3 Å². The molecule has 3 rings (SSSR count). The number of aromatic nitrogens is 1. The van der Waals surface area contributed by atoms with Crippen molar-refractivity contribution in [2.24, 2.45) is 0 Å². The maximum atomic E-state index is 12.7. The number of amides is 2. The fourth-order valence-corrected chi connectivity index (χ4v) is 2.98. The summed E-state index contributed by atoms with van der Waals surface area (Å²) in [6.45, 7) is 1.19. The fraction of sp³-hybridized carbons (Fsp3) is 0.316. The minimum absolute atomic E-state index is 0.182. The smallest absolute Gasteiger partial charge is 0.416 e. The number of benzene rings is 1. The van der Waals surface area contributed by atoms with E-state index < -0.39 is 11.7 Å². The summed E-state index contributed by atoms with van der Waals surface area (Å²) in [6.07, 6.45) is -2.92. The minimum Gasteiger partial charge on any atom is -0.480 e. The number of halogens is 3. The first-order valence-corrected chi connectivity index (χ1v) is 8.56. The van der Waals surface area contributed by atoms with Gasteiger partial charge in [-0.15, -0.1) is 0 Å². The van der Waals surface area contributed by atoms with E-state index in [9.17, 15) is 22.8 Å². The molecule has 0 aliphatic carbocycles. The zero-order valence-electron chi connectivity index (χ0n) is 15.1. The molecule has 2 amide bonds. The third-order valence-electron chi connectivity index (χ3n) is 4.51. The number of carbonyl (C=O) groups excluding carboxylic acids is 2. The van der Waals surface area contributed by atoms with E-state index in [-0.39, 0.29) is 36.3 Å². The summed E-state index contributed by atoms with van der Waals surface area (Å²) in [7, 11) is 1.43. The molecule has 148 valence electrons. The fourth-order valence-electron chi connectivity index (χ4n) is 2.98. The average Bonchev–Trinajstić information content (AvgIpc) is 2.72. The lowest BCUT2D eigenvalue weighted by atomic mass is 10.1. The van der Waals surface area contributed by atoms with E-state index in [0.717, 1.165) is 12.1 Å². The Hall–Kier alpha value is -3.10. The number of piperazine rings is 1. The van der Waals surface area contributed by atoms with Crippen LogP contribution in [0.2, 0.25) is 0 Å². The third-order valence-corrected chi connectivity index (χ3v) is 4.51. The number of hydrogen-bond donors (Lipinski definition) is 0. The number of nitrogens with zero attached hydrogens (tertiary/aromatic N) is 3. The second-order valence-corrected chi connectivity index (χ2v) is 6.22. The lowest BCUT2D eigenvalue weighted by Crippen LogP contribution is -2.50. The number of rotatable bonds is 3. The first-order valence-electron chi connectivity index (χ1n) is 8.56. The zero-order valence-corrected chi connectivity index (χ0v) is 15.1. The molecule has 1 aliphatic heterocycles. The van der Waals surface area contributed by atoms with Crippen LogP contribution in [-0.4, -0.2) is 59.9 Å². The molecule has 0 unspecified atom stereocenters. The van der Waals surface area contributed by atoms with Crippen LogP contribution in [0, 0.1) is 0 Å². The Morgan fingerprint density at radius 1 is 0.964 bits per heavy atom. The van der Waals surface area contributed by atoms with Crippen LogP contribution in [0.25, 0.3) is 0 Å².